The highest BCUT2D eigenvalue weighted by molar-refractivity contribution is 7.91. The van der Waals surface area contributed by atoms with Gasteiger partial charge >= 0.3 is 0 Å². The minimum atomic E-state index is -2.93. The molecule has 0 aliphatic rings. The van der Waals surface area contributed by atoms with Gasteiger partial charge in [0.1, 0.15) is 9.84 Å². The SMILES string of the molecule is CCS(=O)(=O)CCCOc1cc(CNC)ccc1OC. The van der Waals surface area contributed by atoms with Crippen LogP contribution < -0.4 is 14.8 Å². The van der Waals surface area contributed by atoms with Gasteiger partial charge in [0, 0.05) is 12.3 Å². The van der Waals surface area contributed by atoms with Gasteiger partial charge in [-0.3, -0.25) is 0 Å². The fraction of sp³-hybridized carbons (Fsp3) is 0.571. The molecule has 0 amide bonds. The van der Waals surface area contributed by atoms with E-state index in [0.717, 1.165) is 12.1 Å². The predicted octanol–water partition coefficient (Wildman–Crippen LogP) is 1.62. The lowest BCUT2D eigenvalue weighted by atomic mass is 10.2. The maximum Gasteiger partial charge on any atom is 0.161 e. The average Bonchev–Trinajstić information content (AvgIpc) is 2.44. The van der Waals surface area contributed by atoms with Crippen LogP contribution in [0.15, 0.2) is 18.2 Å². The van der Waals surface area contributed by atoms with E-state index >= 15 is 0 Å². The Morgan fingerprint density at radius 1 is 1.25 bits per heavy atom. The van der Waals surface area contributed by atoms with Gasteiger partial charge in [-0.2, -0.15) is 0 Å². The van der Waals surface area contributed by atoms with Gasteiger partial charge in [-0.25, -0.2) is 8.42 Å². The van der Waals surface area contributed by atoms with Crippen molar-refractivity contribution < 1.29 is 17.9 Å². The van der Waals surface area contributed by atoms with Crippen LogP contribution >= 0.6 is 0 Å². The lowest BCUT2D eigenvalue weighted by Gasteiger charge is -2.12. The Labute approximate surface area is 121 Å². The first kappa shape index (κ1) is 16.8. The zero-order valence-corrected chi connectivity index (χ0v) is 13.1. The van der Waals surface area contributed by atoms with E-state index in [4.69, 9.17) is 9.47 Å². The maximum atomic E-state index is 11.4. The minimum absolute atomic E-state index is 0.155. The quantitative estimate of drug-likeness (QED) is 0.702. The normalized spacial score (nSPS) is 11.3. The van der Waals surface area contributed by atoms with Crippen molar-refractivity contribution >= 4 is 9.84 Å². The molecule has 1 aromatic carbocycles. The number of rotatable bonds is 9. The number of sulfone groups is 1. The summed E-state index contributed by atoms with van der Waals surface area (Å²) < 4.78 is 33.6. The third-order valence-corrected chi connectivity index (χ3v) is 4.70. The molecule has 0 saturated heterocycles. The number of benzene rings is 1. The molecule has 114 valence electrons. The third kappa shape index (κ3) is 5.38. The van der Waals surface area contributed by atoms with Crippen LogP contribution in [0, 0.1) is 0 Å². The summed E-state index contributed by atoms with van der Waals surface area (Å²) in [7, 11) is 0.533. The number of hydrogen-bond acceptors (Lipinski definition) is 5. The van der Waals surface area contributed by atoms with Crippen LogP contribution in [0.4, 0.5) is 0 Å². The van der Waals surface area contributed by atoms with Crippen LogP contribution in [-0.2, 0) is 16.4 Å². The molecule has 0 aliphatic carbocycles. The smallest absolute Gasteiger partial charge is 0.161 e. The number of methoxy groups -OCH3 is 1. The molecule has 0 bridgehead atoms. The molecule has 0 saturated carbocycles. The Kier molecular flexibility index (Phi) is 6.81. The molecule has 20 heavy (non-hydrogen) atoms. The topological polar surface area (TPSA) is 64.6 Å². The molecular weight excluding hydrogens is 278 g/mol. The summed E-state index contributed by atoms with van der Waals surface area (Å²) in [4.78, 5) is 0. The number of ether oxygens (including phenoxy) is 2. The van der Waals surface area contributed by atoms with Crippen LogP contribution in [0.5, 0.6) is 11.5 Å². The molecule has 0 radical (unpaired) electrons. The molecule has 1 rings (SSSR count). The molecule has 1 N–H and O–H groups in total. The summed E-state index contributed by atoms with van der Waals surface area (Å²) >= 11 is 0. The standard InChI is InChI=1S/C14H23NO4S/c1-4-20(16,17)9-5-8-19-14-10-12(11-15-2)6-7-13(14)18-3/h6-7,10,15H,4-5,8-9,11H2,1-3H3. The Morgan fingerprint density at radius 3 is 2.60 bits per heavy atom. The second-order valence-electron chi connectivity index (χ2n) is 4.45. The molecular formula is C14H23NO4S. The third-order valence-electron chi connectivity index (χ3n) is 2.91. The van der Waals surface area contributed by atoms with Gasteiger partial charge in [0.15, 0.2) is 11.5 Å². The molecule has 0 heterocycles. The van der Waals surface area contributed by atoms with E-state index in [0.29, 0.717) is 24.5 Å². The second-order valence-corrected chi connectivity index (χ2v) is 6.93. The van der Waals surface area contributed by atoms with Crippen molar-refractivity contribution in [3.63, 3.8) is 0 Å². The first-order valence-electron chi connectivity index (χ1n) is 6.67. The van der Waals surface area contributed by atoms with Gasteiger partial charge in [0.2, 0.25) is 0 Å². The van der Waals surface area contributed by atoms with E-state index in [1.807, 2.05) is 25.2 Å². The summed E-state index contributed by atoms with van der Waals surface area (Å²) in [6.45, 7) is 2.75. The zero-order valence-electron chi connectivity index (χ0n) is 12.3. The van der Waals surface area contributed by atoms with Crippen molar-refractivity contribution in [2.45, 2.75) is 19.9 Å². The van der Waals surface area contributed by atoms with E-state index in [1.54, 1.807) is 14.0 Å². The molecule has 1 aromatic rings. The summed E-state index contributed by atoms with van der Waals surface area (Å²) in [6.07, 6.45) is 0.482. The molecule has 6 heteroatoms. The van der Waals surface area contributed by atoms with Crippen LogP contribution in [0.25, 0.3) is 0 Å². The highest BCUT2D eigenvalue weighted by atomic mass is 32.2. The average molecular weight is 301 g/mol. The zero-order chi connectivity index (χ0) is 15.0. The van der Waals surface area contributed by atoms with Crippen molar-refractivity contribution in [3.8, 4) is 11.5 Å². The number of nitrogens with one attached hydrogen (secondary N) is 1. The van der Waals surface area contributed by atoms with Gasteiger partial charge < -0.3 is 14.8 Å². The van der Waals surface area contributed by atoms with Crippen LogP contribution in [0.1, 0.15) is 18.9 Å². The van der Waals surface area contributed by atoms with E-state index in [1.165, 1.54) is 0 Å². The maximum absolute atomic E-state index is 11.4. The Bertz CT molecular complexity index is 514. The second kappa shape index (κ2) is 8.11. The van der Waals surface area contributed by atoms with Gasteiger partial charge in [-0.15, -0.1) is 0 Å². The van der Waals surface area contributed by atoms with E-state index in [-0.39, 0.29) is 11.5 Å². The monoisotopic (exact) mass is 301 g/mol. The largest absolute Gasteiger partial charge is 0.493 e. The number of hydrogen-bond donors (Lipinski definition) is 1. The molecule has 0 fully saturated rings. The summed E-state index contributed by atoms with van der Waals surface area (Å²) in [5.74, 6) is 1.63. The van der Waals surface area contributed by atoms with Crippen molar-refractivity contribution in [3.05, 3.63) is 23.8 Å². The minimum Gasteiger partial charge on any atom is -0.493 e. The Morgan fingerprint density at radius 2 is 2.00 bits per heavy atom. The molecule has 0 aromatic heterocycles. The van der Waals surface area contributed by atoms with Crippen molar-refractivity contribution in [2.24, 2.45) is 0 Å². The Balaban J connectivity index is 2.59. The molecule has 5 nitrogen and oxygen atoms in total. The van der Waals surface area contributed by atoms with Gasteiger partial charge in [0.25, 0.3) is 0 Å². The first-order valence-corrected chi connectivity index (χ1v) is 8.49. The van der Waals surface area contributed by atoms with Crippen LogP contribution in [0.2, 0.25) is 0 Å². The molecule has 0 aliphatic heterocycles. The van der Waals surface area contributed by atoms with E-state index in [9.17, 15) is 8.42 Å². The fourth-order valence-corrected chi connectivity index (χ4v) is 2.60. The van der Waals surface area contributed by atoms with Gasteiger partial charge in [0.05, 0.1) is 19.5 Å². The van der Waals surface area contributed by atoms with Crippen molar-refractivity contribution in [2.75, 3.05) is 32.3 Å². The fourth-order valence-electron chi connectivity index (χ4n) is 1.75. The summed E-state index contributed by atoms with van der Waals surface area (Å²) in [6, 6.07) is 5.72. The van der Waals surface area contributed by atoms with Crippen molar-refractivity contribution in [1.29, 1.82) is 0 Å². The molecule has 0 spiro atoms. The lowest BCUT2D eigenvalue weighted by molar-refractivity contribution is 0.294. The summed E-state index contributed by atoms with van der Waals surface area (Å²) in [5, 5.41) is 3.07. The summed E-state index contributed by atoms with van der Waals surface area (Å²) in [5.41, 5.74) is 1.09. The van der Waals surface area contributed by atoms with E-state index in [2.05, 4.69) is 5.32 Å². The highest BCUT2D eigenvalue weighted by Crippen LogP contribution is 2.28. The lowest BCUT2D eigenvalue weighted by Crippen LogP contribution is -2.12. The van der Waals surface area contributed by atoms with Crippen LogP contribution in [0.3, 0.4) is 0 Å². The first-order chi connectivity index (χ1) is 9.52. The highest BCUT2D eigenvalue weighted by Gasteiger charge is 2.09. The Hall–Kier alpha value is -1.27. The van der Waals surface area contributed by atoms with Crippen molar-refractivity contribution in [1.82, 2.24) is 5.32 Å². The van der Waals surface area contributed by atoms with Gasteiger partial charge in [-0.05, 0) is 31.2 Å². The van der Waals surface area contributed by atoms with Gasteiger partial charge in [-0.1, -0.05) is 13.0 Å². The molecule has 0 unspecified atom stereocenters. The van der Waals surface area contributed by atoms with E-state index < -0.39 is 9.84 Å². The van der Waals surface area contributed by atoms with Crippen LogP contribution in [-0.4, -0.2) is 40.7 Å². The molecule has 0 atom stereocenters. The predicted molar refractivity (Wildman–Crippen MR) is 80.2 cm³/mol.